The van der Waals surface area contributed by atoms with Gasteiger partial charge in [-0.2, -0.15) is 0 Å². The average molecular weight is 370 g/mol. The van der Waals surface area contributed by atoms with E-state index < -0.39 is 0 Å². The van der Waals surface area contributed by atoms with Crippen molar-refractivity contribution >= 4 is 0 Å². The maximum Gasteiger partial charge on any atom is 0.0704 e. The van der Waals surface area contributed by atoms with Gasteiger partial charge in [0.05, 0.1) is 18.3 Å². The number of nitrogens with one attached hydrogen (secondary N) is 2. The summed E-state index contributed by atoms with van der Waals surface area (Å²) in [5.74, 6) is 3.11. The molecule has 27 heavy (non-hydrogen) atoms. The highest BCUT2D eigenvalue weighted by molar-refractivity contribution is 5.31. The Bertz CT molecular complexity index is 611. The number of hydrazine groups is 1. The molecule has 4 heteroatoms. The summed E-state index contributed by atoms with van der Waals surface area (Å²) < 4.78 is 5.93. The van der Waals surface area contributed by atoms with Gasteiger partial charge in [0, 0.05) is 18.3 Å². The third kappa shape index (κ3) is 4.03. The molecule has 0 radical (unpaired) electrons. The monoisotopic (exact) mass is 369 g/mol. The van der Waals surface area contributed by atoms with Gasteiger partial charge in [0.1, 0.15) is 0 Å². The lowest BCUT2D eigenvalue weighted by Gasteiger charge is -2.46. The fourth-order valence-electron chi connectivity index (χ4n) is 6.49. The van der Waals surface area contributed by atoms with Crippen LogP contribution in [0.3, 0.4) is 0 Å². The second-order valence-electron chi connectivity index (χ2n) is 9.64. The van der Waals surface area contributed by atoms with Crippen molar-refractivity contribution in [3.63, 3.8) is 0 Å². The number of hydrogen-bond donors (Lipinski definition) is 2. The second-order valence-corrected chi connectivity index (χ2v) is 9.64. The molecule has 3 atom stereocenters. The Morgan fingerprint density at radius 3 is 2.81 bits per heavy atom. The summed E-state index contributed by atoms with van der Waals surface area (Å²) in [7, 11) is 0. The van der Waals surface area contributed by atoms with Crippen LogP contribution in [0.4, 0.5) is 0 Å². The van der Waals surface area contributed by atoms with E-state index in [1.165, 1.54) is 63.6 Å². The molecule has 4 aliphatic carbocycles. The molecule has 4 bridgehead atoms. The molecule has 4 saturated carbocycles. The quantitative estimate of drug-likeness (QED) is 0.637. The summed E-state index contributed by atoms with van der Waals surface area (Å²) in [5, 5.41) is 6.11. The Labute approximate surface area is 164 Å². The molecule has 0 saturated heterocycles. The van der Waals surface area contributed by atoms with Gasteiger partial charge in [-0.1, -0.05) is 6.08 Å². The number of hydrogen-bond acceptors (Lipinski definition) is 4. The number of allylic oxidation sites excluding steroid dienone is 3. The minimum atomic E-state index is 0.293. The van der Waals surface area contributed by atoms with Crippen LogP contribution in [0.25, 0.3) is 0 Å². The zero-order valence-corrected chi connectivity index (χ0v) is 16.5. The lowest BCUT2D eigenvalue weighted by atomic mass is 9.65. The number of nitrogens with zero attached hydrogens (tertiary/aromatic N) is 1. The molecule has 3 unspecified atom stereocenters. The van der Waals surface area contributed by atoms with Crippen molar-refractivity contribution in [1.29, 1.82) is 0 Å². The van der Waals surface area contributed by atoms with Gasteiger partial charge in [-0.15, -0.1) is 0 Å². The summed E-state index contributed by atoms with van der Waals surface area (Å²) in [4.78, 5) is 0. The molecule has 4 fully saturated rings. The Morgan fingerprint density at radius 1 is 1.11 bits per heavy atom. The largest absolute Gasteiger partial charge is 0.379 e. The summed E-state index contributed by atoms with van der Waals surface area (Å²) >= 11 is 0. The highest BCUT2D eigenvalue weighted by atomic mass is 16.5. The molecule has 0 spiro atoms. The molecular formula is C23H35N3O. The first-order chi connectivity index (χ1) is 13.3. The maximum absolute atomic E-state index is 5.93. The summed E-state index contributed by atoms with van der Waals surface area (Å²) in [6.45, 7) is 2.79. The van der Waals surface area contributed by atoms with Crippen LogP contribution in [0.15, 0.2) is 36.2 Å². The van der Waals surface area contributed by atoms with E-state index in [0.717, 1.165) is 37.4 Å². The van der Waals surface area contributed by atoms with Gasteiger partial charge >= 0.3 is 0 Å². The fourth-order valence-corrected chi connectivity index (χ4v) is 6.49. The molecule has 2 heterocycles. The van der Waals surface area contributed by atoms with Crippen molar-refractivity contribution in [2.75, 3.05) is 19.8 Å². The molecule has 0 aromatic heterocycles. The molecule has 6 aliphatic rings. The third-order valence-electron chi connectivity index (χ3n) is 7.47. The van der Waals surface area contributed by atoms with E-state index in [1.807, 2.05) is 6.08 Å². The van der Waals surface area contributed by atoms with Crippen LogP contribution in [-0.2, 0) is 4.74 Å². The maximum atomic E-state index is 5.93. The van der Waals surface area contributed by atoms with Gasteiger partial charge in [0.25, 0.3) is 0 Å². The molecule has 4 nitrogen and oxygen atoms in total. The Morgan fingerprint density at radius 2 is 1.96 bits per heavy atom. The smallest absolute Gasteiger partial charge is 0.0704 e. The lowest BCUT2D eigenvalue weighted by molar-refractivity contribution is 0.0916. The third-order valence-corrected chi connectivity index (χ3v) is 7.47. The van der Waals surface area contributed by atoms with Crippen LogP contribution in [-0.4, -0.2) is 36.3 Å². The number of ether oxygens (including phenoxy) is 1. The van der Waals surface area contributed by atoms with Gasteiger partial charge in [0.2, 0.25) is 0 Å². The van der Waals surface area contributed by atoms with Gasteiger partial charge in [-0.05, 0) is 100 Å². The van der Waals surface area contributed by atoms with Gasteiger partial charge < -0.3 is 10.1 Å². The SMILES string of the molecule is C1=CC2=CC(COCCCCNC34CCC5CC(CC(C5)C3)C4)NN2C=C1. The minimum absolute atomic E-state index is 0.293. The molecule has 0 aromatic carbocycles. The first kappa shape index (κ1) is 18.0. The molecule has 2 N–H and O–H groups in total. The van der Waals surface area contributed by atoms with E-state index in [0.29, 0.717) is 11.6 Å². The van der Waals surface area contributed by atoms with Crippen molar-refractivity contribution in [1.82, 2.24) is 15.8 Å². The van der Waals surface area contributed by atoms with Crippen molar-refractivity contribution < 1.29 is 4.74 Å². The molecular weight excluding hydrogens is 334 g/mol. The van der Waals surface area contributed by atoms with E-state index >= 15 is 0 Å². The van der Waals surface area contributed by atoms with Crippen LogP contribution in [0, 0.1) is 17.8 Å². The first-order valence-corrected chi connectivity index (χ1v) is 11.2. The van der Waals surface area contributed by atoms with Crippen LogP contribution in [0.5, 0.6) is 0 Å². The molecule has 2 aliphatic heterocycles. The predicted molar refractivity (Wildman–Crippen MR) is 109 cm³/mol. The predicted octanol–water partition coefficient (Wildman–Crippen LogP) is 3.89. The number of fused-ring (bicyclic) bond motifs is 2. The first-order valence-electron chi connectivity index (χ1n) is 11.2. The standard InChI is InChI=1S/C23H35N3O/c1-3-9-26-22(5-1)14-21(25-26)17-27-10-4-2-8-24-23-7-6-18-11-19(15-23)13-20(12-18)16-23/h1,3,5,9,14,18-21,24-25H,2,4,6-8,10-13,15-17H2. The average Bonchev–Trinajstić information content (AvgIpc) is 2.97. The fraction of sp³-hybridized carbons (Fsp3) is 0.739. The summed E-state index contributed by atoms with van der Waals surface area (Å²) in [6, 6.07) is 0.293. The van der Waals surface area contributed by atoms with E-state index in [-0.39, 0.29) is 0 Å². The zero-order chi connectivity index (χ0) is 18.1. The zero-order valence-electron chi connectivity index (χ0n) is 16.5. The minimum Gasteiger partial charge on any atom is -0.379 e. The highest BCUT2D eigenvalue weighted by Gasteiger charge is 2.47. The molecule has 6 rings (SSSR count). The van der Waals surface area contributed by atoms with Crippen LogP contribution in [0.2, 0.25) is 0 Å². The van der Waals surface area contributed by atoms with Gasteiger partial charge in [0.15, 0.2) is 0 Å². The molecule has 0 aromatic rings. The van der Waals surface area contributed by atoms with Crippen molar-refractivity contribution in [2.24, 2.45) is 17.8 Å². The van der Waals surface area contributed by atoms with Gasteiger partial charge in [-0.25, -0.2) is 5.43 Å². The summed E-state index contributed by atoms with van der Waals surface area (Å²) in [5.41, 5.74) is 5.16. The van der Waals surface area contributed by atoms with Crippen LogP contribution in [0.1, 0.15) is 57.8 Å². The van der Waals surface area contributed by atoms with Crippen LogP contribution < -0.4 is 10.7 Å². The van der Waals surface area contributed by atoms with Crippen molar-refractivity contribution in [3.8, 4) is 0 Å². The normalized spacial score (nSPS) is 39.0. The van der Waals surface area contributed by atoms with E-state index in [2.05, 4.69) is 40.2 Å². The Kier molecular flexibility index (Phi) is 5.14. The van der Waals surface area contributed by atoms with E-state index in [1.54, 1.807) is 0 Å². The van der Waals surface area contributed by atoms with Crippen molar-refractivity contribution in [3.05, 3.63) is 36.2 Å². The Balaban J connectivity index is 0.983. The van der Waals surface area contributed by atoms with E-state index in [4.69, 9.17) is 4.74 Å². The number of unbranched alkanes of at least 4 members (excludes halogenated alkanes) is 1. The van der Waals surface area contributed by atoms with E-state index in [9.17, 15) is 0 Å². The Hall–Kier alpha value is -1.10. The van der Waals surface area contributed by atoms with Crippen molar-refractivity contribution in [2.45, 2.75) is 69.4 Å². The highest BCUT2D eigenvalue weighted by Crippen LogP contribution is 2.52. The van der Waals surface area contributed by atoms with Crippen LogP contribution >= 0.6 is 0 Å². The van der Waals surface area contributed by atoms with Gasteiger partial charge in [-0.3, -0.25) is 5.01 Å². The summed E-state index contributed by atoms with van der Waals surface area (Å²) in [6.07, 6.45) is 23.4. The number of rotatable bonds is 8. The molecule has 0 amide bonds. The second kappa shape index (κ2) is 7.73. The molecule has 148 valence electrons. The topological polar surface area (TPSA) is 36.5 Å². The lowest BCUT2D eigenvalue weighted by Crippen LogP contribution is -2.50.